The Hall–Kier alpha value is -1.56. The van der Waals surface area contributed by atoms with Crippen molar-refractivity contribution in [1.29, 1.82) is 0 Å². The highest BCUT2D eigenvalue weighted by Crippen LogP contribution is 2.26. The first-order valence-corrected chi connectivity index (χ1v) is 5.21. The van der Waals surface area contributed by atoms with E-state index in [1.54, 1.807) is 25.3 Å². The Kier molecular flexibility index (Phi) is 4.30. The molecule has 86 valence electrons. The van der Waals surface area contributed by atoms with Crippen molar-refractivity contribution in [2.24, 2.45) is 5.10 Å². The standard InChI is InChI=1S/C10H11BrN2O3/c1-6(10(14)15)12-13-9-4-3-7(16-2)5-8(9)11/h3-5,13H,1-2H3,(H,14,15). The first kappa shape index (κ1) is 12.5. The second kappa shape index (κ2) is 5.50. The quantitative estimate of drug-likeness (QED) is 0.658. The van der Waals surface area contributed by atoms with Gasteiger partial charge in [-0.2, -0.15) is 5.10 Å². The van der Waals surface area contributed by atoms with Crippen molar-refractivity contribution in [3.63, 3.8) is 0 Å². The lowest BCUT2D eigenvalue weighted by Crippen LogP contribution is -2.10. The molecule has 0 saturated heterocycles. The Bertz CT molecular complexity index is 432. The van der Waals surface area contributed by atoms with E-state index in [9.17, 15) is 4.79 Å². The molecule has 6 heteroatoms. The lowest BCUT2D eigenvalue weighted by molar-refractivity contribution is -0.129. The Morgan fingerprint density at radius 3 is 2.75 bits per heavy atom. The summed E-state index contributed by atoms with van der Waals surface area (Å²) < 4.78 is 5.77. The van der Waals surface area contributed by atoms with Gasteiger partial charge < -0.3 is 9.84 Å². The molecule has 1 aromatic rings. The van der Waals surface area contributed by atoms with Gasteiger partial charge in [-0.1, -0.05) is 0 Å². The molecule has 5 nitrogen and oxygen atoms in total. The molecule has 1 rings (SSSR count). The van der Waals surface area contributed by atoms with Gasteiger partial charge in [-0.05, 0) is 41.1 Å². The number of methoxy groups -OCH3 is 1. The zero-order valence-electron chi connectivity index (χ0n) is 8.82. The number of rotatable bonds is 4. The second-order valence-electron chi connectivity index (χ2n) is 2.96. The summed E-state index contributed by atoms with van der Waals surface area (Å²) in [4.78, 5) is 10.5. The second-order valence-corrected chi connectivity index (χ2v) is 3.81. The lowest BCUT2D eigenvalue weighted by Gasteiger charge is -2.06. The monoisotopic (exact) mass is 286 g/mol. The van der Waals surface area contributed by atoms with Crippen molar-refractivity contribution in [2.75, 3.05) is 12.5 Å². The van der Waals surface area contributed by atoms with Crippen LogP contribution in [0.2, 0.25) is 0 Å². The number of hydrogen-bond donors (Lipinski definition) is 2. The van der Waals surface area contributed by atoms with E-state index in [1.807, 2.05) is 0 Å². The topological polar surface area (TPSA) is 70.9 Å². The van der Waals surface area contributed by atoms with Gasteiger partial charge in [0.05, 0.1) is 12.8 Å². The van der Waals surface area contributed by atoms with E-state index in [0.717, 1.165) is 4.47 Å². The number of anilines is 1. The number of nitrogens with zero attached hydrogens (tertiary/aromatic N) is 1. The van der Waals surface area contributed by atoms with Crippen LogP contribution in [0, 0.1) is 0 Å². The average molecular weight is 287 g/mol. The molecule has 0 amide bonds. The van der Waals surface area contributed by atoms with Crippen LogP contribution in [0.4, 0.5) is 5.69 Å². The fourth-order valence-corrected chi connectivity index (χ4v) is 1.35. The van der Waals surface area contributed by atoms with E-state index < -0.39 is 5.97 Å². The fraction of sp³-hybridized carbons (Fsp3) is 0.200. The molecule has 0 aliphatic carbocycles. The van der Waals surface area contributed by atoms with Crippen LogP contribution in [0.5, 0.6) is 5.75 Å². The van der Waals surface area contributed by atoms with Gasteiger partial charge in [0.2, 0.25) is 0 Å². The molecule has 0 aliphatic rings. The number of aliphatic carboxylic acids is 1. The molecule has 0 fully saturated rings. The third-order valence-electron chi connectivity index (χ3n) is 1.83. The Morgan fingerprint density at radius 2 is 2.25 bits per heavy atom. The van der Waals surface area contributed by atoms with Crippen LogP contribution in [0.1, 0.15) is 6.92 Å². The predicted octanol–water partition coefficient (Wildman–Crippen LogP) is 2.33. The third-order valence-corrected chi connectivity index (χ3v) is 2.49. The Morgan fingerprint density at radius 1 is 1.56 bits per heavy atom. The van der Waals surface area contributed by atoms with Crippen LogP contribution in [0.15, 0.2) is 27.8 Å². The molecule has 0 bridgehead atoms. The third kappa shape index (κ3) is 3.23. The molecule has 0 heterocycles. The average Bonchev–Trinajstić information content (AvgIpc) is 2.26. The number of ether oxygens (including phenoxy) is 1. The zero-order valence-corrected chi connectivity index (χ0v) is 10.4. The fourth-order valence-electron chi connectivity index (χ4n) is 0.905. The number of nitrogens with one attached hydrogen (secondary N) is 1. The van der Waals surface area contributed by atoms with Gasteiger partial charge in [0.15, 0.2) is 0 Å². The van der Waals surface area contributed by atoms with Crippen LogP contribution in [-0.2, 0) is 4.79 Å². The van der Waals surface area contributed by atoms with Gasteiger partial charge in [0, 0.05) is 4.47 Å². The Balaban J connectivity index is 2.83. The number of hydrazone groups is 1. The van der Waals surface area contributed by atoms with Crippen LogP contribution in [0.3, 0.4) is 0 Å². The first-order valence-electron chi connectivity index (χ1n) is 4.41. The van der Waals surface area contributed by atoms with Crippen LogP contribution in [-0.4, -0.2) is 23.9 Å². The van der Waals surface area contributed by atoms with Crippen molar-refractivity contribution in [3.8, 4) is 5.75 Å². The van der Waals surface area contributed by atoms with E-state index in [4.69, 9.17) is 9.84 Å². The summed E-state index contributed by atoms with van der Waals surface area (Å²) in [5, 5.41) is 12.3. The van der Waals surface area contributed by atoms with Crippen molar-refractivity contribution in [3.05, 3.63) is 22.7 Å². The lowest BCUT2D eigenvalue weighted by atomic mass is 10.3. The molecule has 0 radical (unpaired) electrons. The number of benzene rings is 1. The number of carboxylic acid groups (broad SMARTS) is 1. The van der Waals surface area contributed by atoms with E-state index in [2.05, 4.69) is 26.5 Å². The first-order chi connectivity index (χ1) is 7.54. The van der Waals surface area contributed by atoms with Gasteiger partial charge >= 0.3 is 5.97 Å². The van der Waals surface area contributed by atoms with Crippen molar-refractivity contribution in [2.45, 2.75) is 6.92 Å². The van der Waals surface area contributed by atoms with E-state index >= 15 is 0 Å². The predicted molar refractivity (Wildman–Crippen MR) is 65.1 cm³/mol. The largest absolute Gasteiger partial charge is 0.497 e. The van der Waals surface area contributed by atoms with Gasteiger partial charge in [-0.15, -0.1) is 0 Å². The summed E-state index contributed by atoms with van der Waals surface area (Å²) in [6.07, 6.45) is 0. The highest BCUT2D eigenvalue weighted by Gasteiger charge is 2.03. The van der Waals surface area contributed by atoms with Crippen LogP contribution < -0.4 is 10.2 Å². The van der Waals surface area contributed by atoms with Crippen molar-refractivity contribution >= 4 is 33.3 Å². The maximum Gasteiger partial charge on any atom is 0.351 e. The Labute approximate surface area is 101 Å². The van der Waals surface area contributed by atoms with E-state index in [0.29, 0.717) is 11.4 Å². The van der Waals surface area contributed by atoms with Crippen LogP contribution in [0.25, 0.3) is 0 Å². The normalized spacial score (nSPS) is 11.1. The number of carbonyl (C=O) groups is 1. The maximum atomic E-state index is 10.5. The molecule has 0 unspecified atom stereocenters. The highest BCUT2D eigenvalue weighted by atomic mass is 79.9. The number of carboxylic acids is 1. The SMILES string of the molecule is COc1ccc(NN=C(C)C(=O)O)c(Br)c1. The molecule has 1 aromatic carbocycles. The summed E-state index contributed by atoms with van der Waals surface area (Å²) >= 11 is 3.32. The summed E-state index contributed by atoms with van der Waals surface area (Å²) in [5.74, 6) is -0.353. The molecule has 0 aromatic heterocycles. The smallest absolute Gasteiger partial charge is 0.351 e. The summed E-state index contributed by atoms with van der Waals surface area (Å²) in [6, 6.07) is 5.24. The molecule has 16 heavy (non-hydrogen) atoms. The van der Waals surface area contributed by atoms with Gasteiger partial charge in [-0.3, -0.25) is 5.43 Å². The summed E-state index contributed by atoms with van der Waals surface area (Å²) in [7, 11) is 1.57. The molecule has 2 N–H and O–H groups in total. The zero-order chi connectivity index (χ0) is 12.1. The molecular formula is C10H11BrN2O3. The van der Waals surface area contributed by atoms with Gasteiger partial charge in [0.25, 0.3) is 0 Å². The minimum Gasteiger partial charge on any atom is -0.497 e. The van der Waals surface area contributed by atoms with Gasteiger partial charge in [-0.25, -0.2) is 4.79 Å². The van der Waals surface area contributed by atoms with Crippen LogP contribution >= 0.6 is 15.9 Å². The minimum absolute atomic E-state index is 0.0114. The van der Waals surface area contributed by atoms with E-state index in [1.165, 1.54) is 6.92 Å². The van der Waals surface area contributed by atoms with Gasteiger partial charge in [0.1, 0.15) is 11.5 Å². The number of hydrogen-bond acceptors (Lipinski definition) is 4. The van der Waals surface area contributed by atoms with Crippen molar-refractivity contribution in [1.82, 2.24) is 0 Å². The molecule has 0 spiro atoms. The summed E-state index contributed by atoms with van der Waals surface area (Å²) in [6.45, 7) is 1.41. The molecular weight excluding hydrogens is 276 g/mol. The minimum atomic E-state index is -1.06. The highest BCUT2D eigenvalue weighted by molar-refractivity contribution is 9.10. The maximum absolute atomic E-state index is 10.5. The molecule has 0 saturated carbocycles. The molecule has 0 atom stereocenters. The number of halogens is 1. The molecule has 0 aliphatic heterocycles. The summed E-state index contributed by atoms with van der Waals surface area (Å²) in [5.41, 5.74) is 3.31. The van der Waals surface area contributed by atoms with E-state index in [-0.39, 0.29) is 5.71 Å². The van der Waals surface area contributed by atoms with Crippen molar-refractivity contribution < 1.29 is 14.6 Å².